The molecule has 0 saturated carbocycles. The molecule has 2 amide bonds. The highest BCUT2D eigenvalue weighted by Gasteiger charge is 2.14. The van der Waals surface area contributed by atoms with Crippen molar-refractivity contribution in [3.8, 4) is 0 Å². The molecule has 6 heteroatoms. The maximum Gasteiger partial charge on any atom is 0.261 e. The quantitative estimate of drug-likeness (QED) is 0.536. The zero-order valence-corrected chi connectivity index (χ0v) is 16.3. The summed E-state index contributed by atoms with van der Waals surface area (Å²) in [6.07, 6.45) is 0. The first kappa shape index (κ1) is 19.1. The van der Waals surface area contributed by atoms with Gasteiger partial charge in [-0.25, -0.2) is 4.99 Å². The van der Waals surface area contributed by atoms with E-state index in [0.29, 0.717) is 28.1 Å². The van der Waals surface area contributed by atoms with E-state index in [1.807, 2.05) is 55.5 Å². The van der Waals surface area contributed by atoms with Gasteiger partial charge in [0.15, 0.2) is 0 Å². The Hall–Kier alpha value is -4.19. The molecule has 0 fully saturated rings. The van der Waals surface area contributed by atoms with Crippen LogP contribution in [0.25, 0.3) is 11.0 Å². The number of rotatable bonds is 4. The standard InChI is InChI=1S/C24H19N3O3/c1-15-6-2-4-8-20(15)27-23(29)19-14-17-7-3-5-9-21(17)30-24(19)26-18-12-10-16(11-13-18)22(25)28/h2-14H,1H3,(H2,25,28)(H,27,29). The lowest BCUT2D eigenvalue weighted by atomic mass is 10.1. The maximum atomic E-state index is 13.1. The summed E-state index contributed by atoms with van der Waals surface area (Å²) in [7, 11) is 0. The van der Waals surface area contributed by atoms with Crippen molar-refractivity contribution in [3.05, 3.63) is 101 Å². The second-order valence-corrected chi connectivity index (χ2v) is 6.80. The molecule has 0 bridgehead atoms. The van der Waals surface area contributed by atoms with E-state index in [1.165, 1.54) is 0 Å². The fraction of sp³-hybridized carbons (Fsp3) is 0.0417. The summed E-state index contributed by atoms with van der Waals surface area (Å²) in [5.74, 6) is -0.846. The molecule has 4 aromatic rings. The van der Waals surface area contributed by atoms with Crippen LogP contribution in [0.3, 0.4) is 0 Å². The van der Waals surface area contributed by atoms with Crippen LogP contribution in [-0.4, -0.2) is 11.8 Å². The number of nitrogens with zero attached hydrogens (tertiary/aromatic N) is 1. The van der Waals surface area contributed by atoms with E-state index in [2.05, 4.69) is 10.3 Å². The Labute approximate surface area is 172 Å². The Morgan fingerprint density at radius 3 is 2.37 bits per heavy atom. The lowest BCUT2D eigenvalue weighted by molar-refractivity contribution is 0.0997. The minimum atomic E-state index is -0.518. The van der Waals surface area contributed by atoms with Gasteiger partial charge in [0.05, 0.1) is 5.69 Å². The number of nitrogens with one attached hydrogen (secondary N) is 1. The summed E-state index contributed by atoms with van der Waals surface area (Å²) >= 11 is 0. The van der Waals surface area contributed by atoms with Crippen molar-refractivity contribution in [3.63, 3.8) is 0 Å². The summed E-state index contributed by atoms with van der Waals surface area (Å²) in [6, 6.07) is 23.1. The zero-order chi connectivity index (χ0) is 21.1. The van der Waals surface area contributed by atoms with Crippen molar-refractivity contribution >= 4 is 34.2 Å². The molecule has 0 aliphatic heterocycles. The van der Waals surface area contributed by atoms with Crippen LogP contribution < -0.4 is 16.6 Å². The highest BCUT2D eigenvalue weighted by molar-refractivity contribution is 6.05. The lowest BCUT2D eigenvalue weighted by Crippen LogP contribution is -2.22. The van der Waals surface area contributed by atoms with Crippen LogP contribution in [0.15, 0.2) is 88.3 Å². The van der Waals surface area contributed by atoms with Crippen LogP contribution in [0, 0.1) is 6.92 Å². The van der Waals surface area contributed by atoms with Crippen LogP contribution in [-0.2, 0) is 0 Å². The Bertz CT molecular complexity index is 1320. The third-order valence-electron chi connectivity index (χ3n) is 4.68. The fourth-order valence-corrected chi connectivity index (χ4v) is 3.04. The molecular weight excluding hydrogens is 378 g/mol. The molecule has 0 saturated heterocycles. The van der Waals surface area contributed by atoms with Gasteiger partial charge >= 0.3 is 0 Å². The van der Waals surface area contributed by atoms with Crippen molar-refractivity contribution in [2.75, 3.05) is 5.32 Å². The van der Waals surface area contributed by atoms with Gasteiger partial charge in [0, 0.05) is 16.6 Å². The normalized spacial score (nSPS) is 11.4. The SMILES string of the molecule is Cc1ccccc1NC(=O)c1cc2ccccc2oc1=Nc1ccc(C(N)=O)cc1. The summed E-state index contributed by atoms with van der Waals surface area (Å²) in [5.41, 5.74) is 8.94. The second kappa shape index (κ2) is 8.05. The predicted molar refractivity (Wildman–Crippen MR) is 116 cm³/mol. The van der Waals surface area contributed by atoms with E-state index in [4.69, 9.17) is 10.2 Å². The number of hydrogen-bond acceptors (Lipinski definition) is 4. The van der Waals surface area contributed by atoms with Crippen LogP contribution in [0.5, 0.6) is 0 Å². The van der Waals surface area contributed by atoms with Crippen LogP contribution in [0.1, 0.15) is 26.3 Å². The van der Waals surface area contributed by atoms with Gasteiger partial charge in [-0.1, -0.05) is 36.4 Å². The zero-order valence-electron chi connectivity index (χ0n) is 16.3. The monoisotopic (exact) mass is 397 g/mol. The number of benzene rings is 3. The Balaban J connectivity index is 1.82. The van der Waals surface area contributed by atoms with Crippen molar-refractivity contribution in [2.24, 2.45) is 10.7 Å². The molecular formula is C24H19N3O3. The molecule has 0 aliphatic rings. The maximum absolute atomic E-state index is 13.1. The van der Waals surface area contributed by atoms with Gasteiger partial charge in [-0.05, 0) is 55.0 Å². The molecule has 30 heavy (non-hydrogen) atoms. The molecule has 148 valence electrons. The summed E-state index contributed by atoms with van der Waals surface area (Å²) in [5, 5.41) is 3.71. The van der Waals surface area contributed by atoms with Gasteiger partial charge in [-0.15, -0.1) is 0 Å². The number of hydrogen-bond donors (Lipinski definition) is 2. The minimum Gasteiger partial charge on any atom is -0.438 e. The first-order valence-corrected chi connectivity index (χ1v) is 9.36. The van der Waals surface area contributed by atoms with Crippen molar-refractivity contribution < 1.29 is 14.0 Å². The number of fused-ring (bicyclic) bond motifs is 1. The van der Waals surface area contributed by atoms with Gasteiger partial charge in [0.1, 0.15) is 11.1 Å². The molecule has 0 aliphatic carbocycles. The van der Waals surface area contributed by atoms with E-state index in [9.17, 15) is 9.59 Å². The van der Waals surface area contributed by atoms with Gasteiger partial charge in [0.25, 0.3) is 5.91 Å². The molecule has 3 aromatic carbocycles. The third-order valence-corrected chi connectivity index (χ3v) is 4.68. The number of anilines is 1. The molecule has 6 nitrogen and oxygen atoms in total. The average Bonchev–Trinajstić information content (AvgIpc) is 2.75. The smallest absolute Gasteiger partial charge is 0.261 e. The Morgan fingerprint density at radius 2 is 1.63 bits per heavy atom. The van der Waals surface area contributed by atoms with Crippen molar-refractivity contribution in [1.29, 1.82) is 0 Å². The molecule has 3 N–H and O–H groups in total. The Morgan fingerprint density at radius 1 is 0.933 bits per heavy atom. The molecule has 1 aromatic heterocycles. The number of amides is 2. The molecule has 0 atom stereocenters. The van der Waals surface area contributed by atoms with E-state index in [1.54, 1.807) is 30.3 Å². The largest absolute Gasteiger partial charge is 0.438 e. The molecule has 0 unspecified atom stereocenters. The first-order chi connectivity index (χ1) is 14.5. The highest BCUT2D eigenvalue weighted by atomic mass is 16.3. The summed E-state index contributed by atoms with van der Waals surface area (Å²) in [4.78, 5) is 28.9. The fourth-order valence-electron chi connectivity index (χ4n) is 3.04. The average molecular weight is 397 g/mol. The topological polar surface area (TPSA) is 97.7 Å². The van der Waals surface area contributed by atoms with Gasteiger partial charge in [-0.3, -0.25) is 9.59 Å². The number of carbonyl (C=O) groups is 2. The highest BCUT2D eigenvalue weighted by Crippen LogP contribution is 2.18. The van der Waals surface area contributed by atoms with Gasteiger partial charge in [-0.2, -0.15) is 0 Å². The van der Waals surface area contributed by atoms with E-state index in [-0.39, 0.29) is 11.5 Å². The number of carbonyl (C=O) groups excluding carboxylic acids is 2. The van der Waals surface area contributed by atoms with Crippen molar-refractivity contribution in [2.45, 2.75) is 6.92 Å². The number of primary amides is 1. The molecule has 0 radical (unpaired) electrons. The van der Waals surface area contributed by atoms with E-state index in [0.717, 1.165) is 10.9 Å². The Kier molecular flexibility index (Phi) is 5.13. The molecule has 4 rings (SSSR count). The predicted octanol–water partition coefficient (Wildman–Crippen LogP) is 4.32. The van der Waals surface area contributed by atoms with Crippen LogP contribution >= 0.6 is 0 Å². The number of aryl methyl sites for hydroxylation is 1. The van der Waals surface area contributed by atoms with E-state index >= 15 is 0 Å². The third kappa shape index (κ3) is 3.98. The first-order valence-electron chi connectivity index (χ1n) is 9.36. The molecule has 1 heterocycles. The number of para-hydroxylation sites is 2. The molecule has 0 spiro atoms. The van der Waals surface area contributed by atoms with Crippen LogP contribution in [0.2, 0.25) is 0 Å². The minimum absolute atomic E-state index is 0.173. The second-order valence-electron chi connectivity index (χ2n) is 6.80. The van der Waals surface area contributed by atoms with E-state index < -0.39 is 5.91 Å². The van der Waals surface area contributed by atoms with Crippen molar-refractivity contribution in [1.82, 2.24) is 0 Å². The number of nitrogens with two attached hydrogens (primary N) is 1. The lowest BCUT2D eigenvalue weighted by Gasteiger charge is -2.09. The summed E-state index contributed by atoms with van der Waals surface area (Å²) < 4.78 is 5.94. The summed E-state index contributed by atoms with van der Waals surface area (Å²) in [6.45, 7) is 1.92. The van der Waals surface area contributed by atoms with Gasteiger partial charge < -0.3 is 15.5 Å². The van der Waals surface area contributed by atoms with Gasteiger partial charge in [0.2, 0.25) is 11.5 Å². The van der Waals surface area contributed by atoms with Crippen LogP contribution in [0.4, 0.5) is 11.4 Å².